The van der Waals surface area contributed by atoms with Gasteiger partial charge in [-0.1, -0.05) is 13.8 Å². The van der Waals surface area contributed by atoms with Gasteiger partial charge in [-0.05, 0) is 41.2 Å². The maximum Gasteiger partial charge on any atom is 0.0811 e. The third-order valence-electron chi connectivity index (χ3n) is 4.02. The van der Waals surface area contributed by atoms with Crippen LogP contribution in [0.25, 0.3) is 0 Å². The molecule has 0 spiro atoms. The lowest BCUT2D eigenvalue weighted by atomic mass is 9.95. The van der Waals surface area contributed by atoms with Crippen LogP contribution >= 0.6 is 15.9 Å². The molecule has 6 heteroatoms. The molecule has 1 saturated heterocycles. The van der Waals surface area contributed by atoms with Crippen molar-refractivity contribution >= 4 is 15.9 Å². The molecule has 5 nitrogen and oxygen atoms in total. The second-order valence-corrected chi connectivity index (χ2v) is 6.48. The van der Waals surface area contributed by atoms with E-state index in [9.17, 15) is 0 Å². The molecular formula is C15H26BrN3O2. The van der Waals surface area contributed by atoms with Crippen molar-refractivity contribution in [3.05, 3.63) is 16.4 Å². The predicted octanol–water partition coefficient (Wildman–Crippen LogP) is 2.76. The summed E-state index contributed by atoms with van der Waals surface area (Å²) in [6, 6.07) is 0.163. The lowest BCUT2D eigenvalue weighted by Crippen LogP contribution is -2.37. The van der Waals surface area contributed by atoms with Gasteiger partial charge >= 0.3 is 0 Å². The Morgan fingerprint density at radius 1 is 1.62 bits per heavy atom. The Balaban J connectivity index is 2.24. The minimum Gasteiger partial charge on any atom is -0.383 e. The van der Waals surface area contributed by atoms with E-state index in [4.69, 9.17) is 9.47 Å². The van der Waals surface area contributed by atoms with Gasteiger partial charge in [0.1, 0.15) is 0 Å². The number of nitrogens with zero attached hydrogens (tertiary/aromatic N) is 2. The molecule has 1 N–H and O–H groups in total. The van der Waals surface area contributed by atoms with E-state index in [-0.39, 0.29) is 12.1 Å². The first-order chi connectivity index (χ1) is 10.2. The molecule has 2 rings (SSSR count). The molecule has 1 aliphatic heterocycles. The van der Waals surface area contributed by atoms with Gasteiger partial charge in [-0.2, -0.15) is 5.10 Å². The van der Waals surface area contributed by atoms with Crippen molar-refractivity contribution in [2.45, 2.75) is 45.4 Å². The van der Waals surface area contributed by atoms with Gasteiger partial charge in [-0.3, -0.25) is 4.68 Å². The molecule has 3 unspecified atom stereocenters. The van der Waals surface area contributed by atoms with E-state index in [1.165, 1.54) is 5.69 Å². The largest absolute Gasteiger partial charge is 0.383 e. The number of halogens is 1. The maximum absolute atomic E-state index is 6.01. The lowest BCUT2D eigenvalue weighted by Gasteiger charge is -2.28. The topological polar surface area (TPSA) is 48.3 Å². The molecule has 1 aromatic rings. The van der Waals surface area contributed by atoms with Crippen LogP contribution in [0.3, 0.4) is 0 Å². The summed E-state index contributed by atoms with van der Waals surface area (Å²) in [5.41, 5.74) is 1.17. The molecule has 0 aliphatic carbocycles. The second-order valence-electron chi connectivity index (χ2n) is 5.63. The van der Waals surface area contributed by atoms with E-state index in [2.05, 4.69) is 40.2 Å². The van der Waals surface area contributed by atoms with Crippen molar-refractivity contribution in [2.75, 3.05) is 26.9 Å². The summed E-state index contributed by atoms with van der Waals surface area (Å²) in [6.45, 7) is 7.67. The second kappa shape index (κ2) is 8.27. The van der Waals surface area contributed by atoms with Crippen LogP contribution in [0.1, 0.15) is 38.4 Å². The Bertz CT molecular complexity index is 439. The molecule has 0 radical (unpaired) electrons. The van der Waals surface area contributed by atoms with Crippen molar-refractivity contribution in [1.29, 1.82) is 0 Å². The molecule has 3 atom stereocenters. The monoisotopic (exact) mass is 359 g/mol. The highest BCUT2D eigenvalue weighted by Gasteiger charge is 2.35. The lowest BCUT2D eigenvalue weighted by molar-refractivity contribution is 0.0570. The van der Waals surface area contributed by atoms with Crippen LogP contribution in [0.2, 0.25) is 0 Å². The normalized spacial score (nSPS) is 23.6. The first-order valence-corrected chi connectivity index (χ1v) is 8.53. The van der Waals surface area contributed by atoms with E-state index in [1.54, 1.807) is 7.11 Å². The molecule has 2 heterocycles. The molecule has 0 bridgehead atoms. The number of methoxy groups -OCH3 is 1. The summed E-state index contributed by atoms with van der Waals surface area (Å²) >= 11 is 3.65. The fraction of sp³-hybridized carbons (Fsp3) is 0.800. The molecule has 1 aliphatic rings. The summed E-state index contributed by atoms with van der Waals surface area (Å²) < 4.78 is 14.3. The minimum atomic E-state index is 0.163. The van der Waals surface area contributed by atoms with Gasteiger partial charge in [0.2, 0.25) is 0 Å². The molecule has 1 fully saturated rings. The van der Waals surface area contributed by atoms with Gasteiger partial charge in [0.05, 0.1) is 41.7 Å². The van der Waals surface area contributed by atoms with Gasteiger partial charge < -0.3 is 14.8 Å². The van der Waals surface area contributed by atoms with E-state index in [0.29, 0.717) is 12.5 Å². The van der Waals surface area contributed by atoms with Crippen LogP contribution in [0.5, 0.6) is 0 Å². The first-order valence-electron chi connectivity index (χ1n) is 7.74. The maximum atomic E-state index is 6.01. The van der Waals surface area contributed by atoms with Gasteiger partial charge in [0.25, 0.3) is 0 Å². The highest BCUT2D eigenvalue weighted by atomic mass is 79.9. The minimum absolute atomic E-state index is 0.163. The Morgan fingerprint density at radius 2 is 2.43 bits per heavy atom. The summed E-state index contributed by atoms with van der Waals surface area (Å²) in [5, 5.41) is 8.12. The van der Waals surface area contributed by atoms with E-state index >= 15 is 0 Å². The Morgan fingerprint density at radius 3 is 3.05 bits per heavy atom. The van der Waals surface area contributed by atoms with E-state index in [0.717, 1.165) is 37.0 Å². The van der Waals surface area contributed by atoms with Crippen LogP contribution in [-0.4, -0.2) is 42.8 Å². The summed E-state index contributed by atoms with van der Waals surface area (Å²) in [5.74, 6) is 0.553. The zero-order valence-corrected chi connectivity index (χ0v) is 14.7. The fourth-order valence-electron chi connectivity index (χ4n) is 2.85. The Hall–Kier alpha value is -0.430. The van der Waals surface area contributed by atoms with Crippen molar-refractivity contribution in [3.8, 4) is 0 Å². The average Bonchev–Trinajstić information content (AvgIpc) is 3.05. The first kappa shape index (κ1) is 16.9. The van der Waals surface area contributed by atoms with Crippen LogP contribution in [0, 0.1) is 5.92 Å². The third kappa shape index (κ3) is 4.06. The Labute approximate surface area is 135 Å². The predicted molar refractivity (Wildman–Crippen MR) is 86.4 cm³/mol. The standard InChI is InChI=1S/C15H26BrN3O2/c1-4-6-17-13(15-11(2)5-8-21-15)14-12(16)10-18-19(14)7-9-20-3/h10-11,13,15,17H,4-9H2,1-3H3. The number of rotatable bonds is 8. The molecule has 0 saturated carbocycles. The van der Waals surface area contributed by atoms with Crippen LogP contribution in [0.15, 0.2) is 10.7 Å². The van der Waals surface area contributed by atoms with Gasteiger partial charge in [0.15, 0.2) is 0 Å². The quantitative estimate of drug-likeness (QED) is 0.775. The molecule has 0 aromatic carbocycles. The van der Waals surface area contributed by atoms with Crippen molar-refractivity contribution < 1.29 is 9.47 Å². The summed E-state index contributed by atoms with van der Waals surface area (Å²) in [7, 11) is 1.72. The van der Waals surface area contributed by atoms with Gasteiger partial charge in [-0.15, -0.1) is 0 Å². The van der Waals surface area contributed by atoms with E-state index in [1.807, 2.05) is 10.9 Å². The highest BCUT2D eigenvalue weighted by Crippen LogP contribution is 2.34. The zero-order chi connectivity index (χ0) is 15.2. The number of hydrogen-bond acceptors (Lipinski definition) is 4. The Kier molecular flexibility index (Phi) is 6.67. The van der Waals surface area contributed by atoms with Crippen molar-refractivity contribution in [3.63, 3.8) is 0 Å². The van der Waals surface area contributed by atoms with Gasteiger partial charge in [0, 0.05) is 13.7 Å². The molecule has 1 aromatic heterocycles. The van der Waals surface area contributed by atoms with E-state index < -0.39 is 0 Å². The summed E-state index contributed by atoms with van der Waals surface area (Å²) in [4.78, 5) is 0. The number of ether oxygens (including phenoxy) is 2. The van der Waals surface area contributed by atoms with Crippen LogP contribution in [0.4, 0.5) is 0 Å². The SMILES string of the molecule is CCCNC(c1c(Br)cnn1CCOC)C1OCCC1C. The van der Waals surface area contributed by atoms with Crippen molar-refractivity contribution in [1.82, 2.24) is 15.1 Å². The smallest absolute Gasteiger partial charge is 0.0811 e. The number of aromatic nitrogens is 2. The van der Waals surface area contributed by atoms with Crippen molar-refractivity contribution in [2.24, 2.45) is 5.92 Å². The molecular weight excluding hydrogens is 334 g/mol. The number of hydrogen-bond donors (Lipinski definition) is 1. The fourth-order valence-corrected chi connectivity index (χ4v) is 3.39. The average molecular weight is 360 g/mol. The highest BCUT2D eigenvalue weighted by molar-refractivity contribution is 9.10. The summed E-state index contributed by atoms with van der Waals surface area (Å²) in [6.07, 6.45) is 4.29. The van der Waals surface area contributed by atoms with Crippen LogP contribution in [-0.2, 0) is 16.0 Å². The van der Waals surface area contributed by atoms with Gasteiger partial charge in [-0.25, -0.2) is 0 Å². The zero-order valence-electron chi connectivity index (χ0n) is 13.1. The third-order valence-corrected chi connectivity index (χ3v) is 4.63. The molecule has 120 valence electrons. The van der Waals surface area contributed by atoms with Crippen LogP contribution < -0.4 is 5.32 Å². The molecule has 0 amide bonds. The number of nitrogens with one attached hydrogen (secondary N) is 1. The molecule has 21 heavy (non-hydrogen) atoms.